The molecular weight excluding hydrogens is 420 g/mol. The van der Waals surface area contributed by atoms with Crippen molar-refractivity contribution in [2.24, 2.45) is 0 Å². The van der Waals surface area contributed by atoms with Gasteiger partial charge in [0.1, 0.15) is 11.3 Å². The summed E-state index contributed by atoms with van der Waals surface area (Å²) in [4.78, 5) is 16.9. The summed E-state index contributed by atoms with van der Waals surface area (Å²) in [7, 11) is 1.64. The van der Waals surface area contributed by atoms with Gasteiger partial charge in [0.2, 0.25) is 5.91 Å². The van der Waals surface area contributed by atoms with Gasteiger partial charge in [-0.05, 0) is 57.4 Å². The van der Waals surface area contributed by atoms with Crippen molar-refractivity contribution in [2.45, 2.75) is 34.6 Å². The van der Waals surface area contributed by atoms with E-state index in [9.17, 15) is 4.79 Å². The number of benzene rings is 2. The van der Waals surface area contributed by atoms with Crippen molar-refractivity contribution in [2.75, 3.05) is 12.4 Å². The van der Waals surface area contributed by atoms with Gasteiger partial charge >= 0.3 is 0 Å². The molecule has 0 atom stereocenters. The lowest BCUT2D eigenvalue weighted by molar-refractivity contribution is -0.111. The van der Waals surface area contributed by atoms with E-state index in [0.717, 1.165) is 44.5 Å². The molecule has 1 N–H and O–H groups in total. The third-order valence-electron chi connectivity index (χ3n) is 5.54. The Morgan fingerprint density at radius 3 is 2.59 bits per heavy atom. The van der Waals surface area contributed by atoms with Crippen LogP contribution in [0.5, 0.6) is 5.75 Å². The van der Waals surface area contributed by atoms with Crippen LogP contribution in [0.25, 0.3) is 27.7 Å². The van der Waals surface area contributed by atoms with Gasteiger partial charge in [-0.1, -0.05) is 23.8 Å². The number of nitrogens with one attached hydrogen (secondary N) is 1. The van der Waals surface area contributed by atoms with Gasteiger partial charge in [0.05, 0.1) is 19.1 Å². The van der Waals surface area contributed by atoms with Crippen LogP contribution in [0.15, 0.2) is 46.4 Å². The van der Waals surface area contributed by atoms with Crippen molar-refractivity contribution in [3.05, 3.63) is 69.9 Å². The summed E-state index contributed by atoms with van der Waals surface area (Å²) in [5.41, 5.74) is 8.79. The molecule has 0 fully saturated rings. The smallest absolute Gasteiger partial charge is 0.250 e. The maximum absolute atomic E-state index is 12.6. The van der Waals surface area contributed by atoms with Crippen molar-refractivity contribution >= 4 is 38.9 Å². The molecule has 4 rings (SSSR count). The number of nitrogens with zero attached hydrogens (tertiary/aromatic N) is 1. The molecule has 0 bridgehead atoms. The molecule has 1 amide bonds. The van der Waals surface area contributed by atoms with Gasteiger partial charge in [-0.2, -0.15) is 0 Å². The second-order valence-corrected chi connectivity index (χ2v) is 8.90. The fourth-order valence-electron chi connectivity index (χ4n) is 4.02. The molecule has 4 aromatic rings. The molecule has 0 radical (unpaired) electrons. The highest BCUT2D eigenvalue weighted by Crippen LogP contribution is 2.41. The molecule has 0 unspecified atom stereocenters. The van der Waals surface area contributed by atoms with Gasteiger partial charge < -0.3 is 9.15 Å². The van der Waals surface area contributed by atoms with Crippen molar-refractivity contribution in [1.29, 1.82) is 0 Å². The highest BCUT2D eigenvalue weighted by molar-refractivity contribution is 7.13. The van der Waals surface area contributed by atoms with Crippen LogP contribution in [0.1, 0.15) is 34.9 Å². The molecule has 164 valence electrons. The number of thiazole rings is 1. The van der Waals surface area contributed by atoms with Crippen LogP contribution in [0.4, 0.5) is 5.13 Å². The average Bonchev–Trinajstić information content (AvgIpc) is 3.34. The van der Waals surface area contributed by atoms with Crippen molar-refractivity contribution < 1.29 is 13.9 Å². The zero-order valence-corrected chi connectivity index (χ0v) is 19.9. The minimum atomic E-state index is -0.224. The molecule has 0 aliphatic rings. The van der Waals surface area contributed by atoms with E-state index in [0.29, 0.717) is 10.9 Å². The second-order valence-electron chi connectivity index (χ2n) is 8.04. The number of hydrogen-bond donors (Lipinski definition) is 1. The van der Waals surface area contributed by atoms with E-state index in [1.165, 1.54) is 22.5 Å². The van der Waals surface area contributed by atoms with Gasteiger partial charge in [0, 0.05) is 33.5 Å². The first-order valence-corrected chi connectivity index (χ1v) is 11.2. The number of methoxy groups -OCH3 is 1. The first kappa shape index (κ1) is 21.8. The zero-order valence-electron chi connectivity index (χ0n) is 19.1. The number of carbonyl (C=O) groups is 1. The first-order chi connectivity index (χ1) is 15.3. The third-order valence-corrected chi connectivity index (χ3v) is 6.42. The Morgan fingerprint density at radius 2 is 1.94 bits per heavy atom. The van der Waals surface area contributed by atoms with Gasteiger partial charge in [0.25, 0.3) is 0 Å². The Hall–Kier alpha value is -3.38. The van der Waals surface area contributed by atoms with Crippen molar-refractivity contribution in [3.63, 3.8) is 0 Å². The number of aromatic nitrogens is 1. The summed E-state index contributed by atoms with van der Waals surface area (Å²) in [5, 5.41) is 6.31. The van der Waals surface area contributed by atoms with Gasteiger partial charge in [-0.25, -0.2) is 4.98 Å². The molecule has 2 aromatic carbocycles. The van der Waals surface area contributed by atoms with Gasteiger partial charge in [0.15, 0.2) is 5.13 Å². The lowest BCUT2D eigenvalue weighted by Crippen LogP contribution is -2.08. The average molecular weight is 447 g/mol. The molecule has 5 nitrogen and oxygen atoms in total. The van der Waals surface area contributed by atoms with Crippen LogP contribution in [0.3, 0.4) is 0 Å². The molecule has 0 saturated heterocycles. The Labute approximate surface area is 191 Å². The normalized spacial score (nSPS) is 11.8. The van der Waals surface area contributed by atoms with Crippen molar-refractivity contribution in [1.82, 2.24) is 4.98 Å². The molecular formula is C26H26N2O3S. The minimum Gasteiger partial charge on any atom is -0.496 e. The van der Waals surface area contributed by atoms with Crippen LogP contribution in [0, 0.1) is 27.7 Å². The summed E-state index contributed by atoms with van der Waals surface area (Å²) >= 11 is 1.41. The molecule has 0 saturated carbocycles. The molecule has 6 heteroatoms. The van der Waals surface area contributed by atoms with E-state index in [-0.39, 0.29) is 5.91 Å². The highest BCUT2D eigenvalue weighted by atomic mass is 32.1. The van der Waals surface area contributed by atoms with Gasteiger partial charge in [-0.3, -0.25) is 10.1 Å². The van der Waals surface area contributed by atoms with E-state index in [2.05, 4.69) is 42.3 Å². The third kappa shape index (κ3) is 4.06. The number of hydrogen-bond acceptors (Lipinski definition) is 5. The topological polar surface area (TPSA) is 64.4 Å². The predicted octanol–water partition coefficient (Wildman–Crippen LogP) is 6.84. The Kier molecular flexibility index (Phi) is 5.89. The van der Waals surface area contributed by atoms with E-state index in [4.69, 9.17) is 9.15 Å². The van der Waals surface area contributed by atoms with E-state index in [1.54, 1.807) is 19.4 Å². The minimum absolute atomic E-state index is 0.224. The number of rotatable bonds is 5. The predicted molar refractivity (Wildman–Crippen MR) is 132 cm³/mol. The van der Waals surface area contributed by atoms with Crippen LogP contribution in [-0.4, -0.2) is 18.0 Å². The summed E-state index contributed by atoms with van der Waals surface area (Å²) in [6.45, 7) is 9.98. The molecule has 2 aromatic heterocycles. The van der Waals surface area contributed by atoms with Crippen LogP contribution < -0.4 is 10.1 Å². The number of allylic oxidation sites excluding steroid dienone is 1. The van der Waals surface area contributed by atoms with Crippen LogP contribution >= 0.6 is 11.3 Å². The summed E-state index contributed by atoms with van der Waals surface area (Å²) in [6, 6.07) is 8.45. The standard InChI is InChI=1S/C26H26N2O3S/c1-14-7-8-19(15(2)9-14)22-12-31-25-18(5)24(30-6)20(11-21(22)25)16(3)10-23(29)28-26-27-17(4)13-32-26/h7-13H,1-6H3,(H,27,28,29)/b16-10+. The highest BCUT2D eigenvalue weighted by Gasteiger charge is 2.19. The lowest BCUT2D eigenvalue weighted by Gasteiger charge is -2.13. The number of carbonyl (C=O) groups excluding carboxylic acids is 1. The Balaban J connectivity index is 1.80. The summed E-state index contributed by atoms with van der Waals surface area (Å²) in [5.74, 6) is 0.476. The second kappa shape index (κ2) is 8.63. The first-order valence-electron chi connectivity index (χ1n) is 10.4. The molecule has 0 spiro atoms. The SMILES string of the molecule is COc1c(/C(C)=C/C(=O)Nc2nc(C)cs2)cc2c(-c3ccc(C)cc3C)coc2c1C. The Morgan fingerprint density at radius 1 is 1.16 bits per heavy atom. The van der Waals surface area contributed by atoms with E-state index in [1.807, 2.05) is 32.2 Å². The molecule has 0 aliphatic carbocycles. The van der Waals surface area contributed by atoms with Crippen molar-refractivity contribution in [3.8, 4) is 16.9 Å². The molecule has 32 heavy (non-hydrogen) atoms. The molecule has 0 aliphatic heterocycles. The van der Waals surface area contributed by atoms with E-state index >= 15 is 0 Å². The monoisotopic (exact) mass is 446 g/mol. The van der Waals surface area contributed by atoms with Crippen LogP contribution in [0.2, 0.25) is 0 Å². The number of ether oxygens (including phenoxy) is 1. The number of furan rings is 1. The van der Waals surface area contributed by atoms with Gasteiger partial charge in [-0.15, -0.1) is 11.3 Å². The Bertz CT molecular complexity index is 1360. The number of anilines is 1. The maximum atomic E-state index is 12.6. The summed E-state index contributed by atoms with van der Waals surface area (Å²) < 4.78 is 11.7. The quantitative estimate of drug-likeness (QED) is 0.341. The maximum Gasteiger partial charge on any atom is 0.250 e. The van der Waals surface area contributed by atoms with Crippen LogP contribution in [-0.2, 0) is 4.79 Å². The number of aryl methyl sites for hydroxylation is 4. The largest absolute Gasteiger partial charge is 0.496 e. The summed E-state index contributed by atoms with van der Waals surface area (Å²) in [6.07, 6.45) is 3.38. The number of fused-ring (bicyclic) bond motifs is 1. The zero-order chi connectivity index (χ0) is 23.0. The molecule has 2 heterocycles. The number of amides is 1. The fourth-order valence-corrected chi connectivity index (χ4v) is 4.71. The fraction of sp³-hybridized carbons (Fsp3) is 0.231. The van der Waals surface area contributed by atoms with E-state index < -0.39 is 0 Å². The lowest BCUT2D eigenvalue weighted by atomic mass is 9.94.